The average molecular weight is 445 g/mol. The minimum absolute atomic E-state index is 0.190. The molecule has 1 aromatic rings. The molecule has 1 aliphatic rings. The number of ether oxygens (including phenoxy) is 2. The van der Waals surface area contributed by atoms with Gasteiger partial charge in [0.25, 0.3) is 5.91 Å². The van der Waals surface area contributed by atoms with Crippen LogP contribution in [0.5, 0.6) is 0 Å². The second kappa shape index (κ2) is 10.3. The van der Waals surface area contributed by atoms with Crippen LogP contribution in [0, 0.1) is 5.92 Å². The van der Waals surface area contributed by atoms with E-state index in [4.69, 9.17) is 21.1 Å². The van der Waals surface area contributed by atoms with Crippen LogP contribution in [0.1, 0.15) is 56.6 Å². The molecule has 7 nitrogen and oxygen atoms in total. The van der Waals surface area contributed by atoms with E-state index in [0.29, 0.717) is 28.7 Å². The molecule has 0 aliphatic carbocycles. The quantitative estimate of drug-likeness (QED) is 0.667. The van der Waals surface area contributed by atoms with Crippen molar-refractivity contribution in [2.75, 3.05) is 19.7 Å². The smallest absolute Gasteiger partial charge is 0.410 e. The maximum absolute atomic E-state index is 12.5. The van der Waals surface area contributed by atoms with E-state index in [-0.39, 0.29) is 24.5 Å². The Morgan fingerprint density at radius 1 is 1.28 bits per heavy atom. The molecule has 1 aromatic heterocycles. The minimum Gasteiger partial charge on any atom is -0.464 e. The van der Waals surface area contributed by atoms with Crippen LogP contribution < -0.4 is 5.32 Å². The van der Waals surface area contributed by atoms with Gasteiger partial charge >= 0.3 is 12.1 Å². The zero-order valence-corrected chi connectivity index (χ0v) is 18.9. The number of nitrogens with zero attached hydrogens (tertiary/aromatic N) is 1. The molecule has 0 saturated carbocycles. The van der Waals surface area contributed by atoms with Gasteiger partial charge in [-0.2, -0.15) is 0 Å². The first kappa shape index (κ1) is 23.5. The molecule has 0 aromatic carbocycles. The van der Waals surface area contributed by atoms with Gasteiger partial charge in [-0.1, -0.05) is 11.6 Å². The average Bonchev–Trinajstić information content (AvgIpc) is 3.07. The highest BCUT2D eigenvalue weighted by atomic mass is 35.5. The van der Waals surface area contributed by atoms with Gasteiger partial charge in [0, 0.05) is 13.1 Å². The van der Waals surface area contributed by atoms with Crippen LogP contribution in [0.2, 0.25) is 4.34 Å². The van der Waals surface area contributed by atoms with E-state index in [2.05, 4.69) is 5.32 Å². The fourth-order valence-corrected chi connectivity index (χ4v) is 4.08. The molecule has 1 aliphatic heterocycles. The molecule has 162 valence electrons. The monoisotopic (exact) mass is 444 g/mol. The minimum atomic E-state index is -0.735. The molecular formula is C20H29ClN2O5S. The Kier molecular flexibility index (Phi) is 8.34. The Morgan fingerprint density at radius 3 is 2.45 bits per heavy atom. The number of rotatable bonds is 6. The summed E-state index contributed by atoms with van der Waals surface area (Å²) >= 11 is 7.05. The van der Waals surface area contributed by atoms with Gasteiger partial charge in [-0.3, -0.25) is 4.79 Å². The summed E-state index contributed by atoms with van der Waals surface area (Å²) in [5, 5.41) is 2.78. The number of piperidine rings is 1. The SMILES string of the molecule is CCOC(=O)C(CC1CCN(C(=O)OC(C)(C)C)CC1)NC(=O)c1ccc(Cl)s1. The summed E-state index contributed by atoms with van der Waals surface area (Å²) in [5.41, 5.74) is -0.530. The molecule has 1 N–H and O–H groups in total. The van der Waals surface area contributed by atoms with Crippen molar-refractivity contribution < 1.29 is 23.9 Å². The van der Waals surface area contributed by atoms with Crippen LogP contribution in [-0.4, -0.2) is 54.2 Å². The molecule has 1 saturated heterocycles. The number of hydrogen-bond donors (Lipinski definition) is 1. The summed E-state index contributed by atoms with van der Waals surface area (Å²) in [6, 6.07) is 2.54. The predicted octanol–water partition coefficient (Wildman–Crippen LogP) is 4.10. The van der Waals surface area contributed by atoms with E-state index in [1.165, 1.54) is 0 Å². The number of carbonyl (C=O) groups is 3. The second-order valence-corrected chi connectivity index (χ2v) is 9.74. The van der Waals surface area contributed by atoms with Crippen molar-refractivity contribution in [1.82, 2.24) is 10.2 Å². The van der Waals surface area contributed by atoms with Gasteiger partial charge < -0.3 is 19.7 Å². The largest absolute Gasteiger partial charge is 0.464 e. The Labute approximate surface area is 180 Å². The fourth-order valence-electron chi connectivity index (χ4n) is 3.13. The number of likely N-dealkylation sites (tertiary alicyclic amines) is 1. The second-order valence-electron chi connectivity index (χ2n) is 8.03. The summed E-state index contributed by atoms with van der Waals surface area (Å²) in [4.78, 5) is 39.2. The molecule has 1 unspecified atom stereocenters. The maximum Gasteiger partial charge on any atom is 0.410 e. The lowest BCUT2D eigenvalue weighted by molar-refractivity contribution is -0.146. The first-order valence-electron chi connectivity index (χ1n) is 9.79. The Balaban J connectivity index is 1.93. The van der Waals surface area contributed by atoms with Crippen LogP contribution in [-0.2, 0) is 14.3 Å². The zero-order chi connectivity index (χ0) is 21.6. The van der Waals surface area contributed by atoms with Gasteiger partial charge in [-0.05, 0) is 65.0 Å². The molecule has 2 amide bonds. The van der Waals surface area contributed by atoms with Crippen molar-refractivity contribution in [3.63, 3.8) is 0 Å². The zero-order valence-electron chi connectivity index (χ0n) is 17.3. The van der Waals surface area contributed by atoms with Crippen molar-refractivity contribution in [3.05, 3.63) is 21.3 Å². The fraction of sp³-hybridized carbons (Fsp3) is 0.650. The van der Waals surface area contributed by atoms with E-state index < -0.39 is 17.6 Å². The molecule has 0 radical (unpaired) electrons. The molecule has 2 rings (SSSR count). The Bertz CT molecular complexity index is 723. The van der Waals surface area contributed by atoms with E-state index in [1.54, 1.807) is 24.0 Å². The highest BCUT2D eigenvalue weighted by Crippen LogP contribution is 2.25. The molecule has 1 fully saturated rings. The molecule has 1 atom stereocenters. The topological polar surface area (TPSA) is 84.9 Å². The lowest BCUT2D eigenvalue weighted by Crippen LogP contribution is -2.46. The number of amides is 2. The number of thiophene rings is 1. The third-order valence-electron chi connectivity index (χ3n) is 4.51. The lowest BCUT2D eigenvalue weighted by Gasteiger charge is -2.34. The highest BCUT2D eigenvalue weighted by Gasteiger charge is 2.31. The first-order valence-corrected chi connectivity index (χ1v) is 11.0. The number of halogens is 1. The van der Waals surface area contributed by atoms with Crippen LogP contribution in [0.25, 0.3) is 0 Å². The molecule has 29 heavy (non-hydrogen) atoms. The summed E-state index contributed by atoms with van der Waals surface area (Å²) in [5.74, 6) is -0.598. The van der Waals surface area contributed by atoms with Gasteiger partial charge in [0.15, 0.2) is 0 Å². The third-order valence-corrected chi connectivity index (χ3v) is 5.74. The highest BCUT2D eigenvalue weighted by molar-refractivity contribution is 7.18. The van der Waals surface area contributed by atoms with E-state index in [9.17, 15) is 14.4 Å². The number of esters is 1. The predicted molar refractivity (Wildman–Crippen MR) is 112 cm³/mol. The summed E-state index contributed by atoms with van der Waals surface area (Å²) in [6.45, 7) is 8.61. The van der Waals surface area contributed by atoms with Crippen molar-refractivity contribution in [2.24, 2.45) is 5.92 Å². The van der Waals surface area contributed by atoms with Crippen LogP contribution in [0.15, 0.2) is 12.1 Å². The van der Waals surface area contributed by atoms with Crippen molar-refractivity contribution in [2.45, 2.75) is 58.6 Å². The number of hydrogen-bond acceptors (Lipinski definition) is 6. The van der Waals surface area contributed by atoms with Crippen molar-refractivity contribution in [1.29, 1.82) is 0 Å². The van der Waals surface area contributed by atoms with Crippen LogP contribution in [0.4, 0.5) is 4.79 Å². The maximum atomic E-state index is 12.5. The Morgan fingerprint density at radius 2 is 1.93 bits per heavy atom. The van der Waals surface area contributed by atoms with Crippen molar-refractivity contribution in [3.8, 4) is 0 Å². The molecule has 2 heterocycles. The van der Waals surface area contributed by atoms with E-state index >= 15 is 0 Å². The summed E-state index contributed by atoms with van der Waals surface area (Å²) in [6.07, 6.45) is 1.61. The Hall–Kier alpha value is -1.80. The van der Waals surface area contributed by atoms with Gasteiger partial charge in [0.05, 0.1) is 15.8 Å². The first-order chi connectivity index (χ1) is 13.6. The van der Waals surface area contributed by atoms with Crippen molar-refractivity contribution >= 4 is 40.9 Å². The molecule has 9 heteroatoms. The van der Waals surface area contributed by atoms with Crippen LogP contribution in [0.3, 0.4) is 0 Å². The standard InChI is InChI=1S/C20H29ClN2O5S/c1-5-27-18(25)14(22-17(24)15-6-7-16(21)29-15)12-13-8-10-23(11-9-13)19(26)28-20(2,3)4/h6-7,13-14H,5,8-12H2,1-4H3,(H,22,24). The van der Waals surface area contributed by atoms with Gasteiger partial charge in [-0.15, -0.1) is 11.3 Å². The molecule has 0 bridgehead atoms. The number of carbonyl (C=O) groups excluding carboxylic acids is 3. The summed E-state index contributed by atoms with van der Waals surface area (Å²) in [7, 11) is 0. The van der Waals surface area contributed by atoms with Gasteiger partial charge in [0.2, 0.25) is 0 Å². The van der Waals surface area contributed by atoms with Gasteiger partial charge in [0.1, 0.15) is 11.6 Å². The molecule has 0 spiro atoms. The van der Waals surface area contributed by atoms with E-state index in [0.717, 1.165) is 24.2 Å². The van der Waals surface area contributed by atoms with Gasteiger partial charge in [-0.25, -0.2) is 9.59 Å². The lowest BCUT2D eigenvalue weighted by atomic mass is 9.90. The summed E-state index contributed by atoms with van der Waals surface area (Å²) < 4.78 is 11.1. The molecular weight excluding hydrogens is 416 g/mol. The third kappa shape index (κ3) is 7.51. The normalized spacial score (nSPS) is 16.2. The van der Waals surface area contributed by atoms with Crippen LogP contribution >= 0.6 is 22.9 Å². The number of nitrogens with one attached hydrogen (secondary N) is 1. The van der Waals surface area contributed by atoms with E-state index in [1.807, 2.05) is 20.8 Å².